The number of hydrogen-bond donors (Lipinski definition) is 1. The normalized spacial score (nSPS) is 21.3. The van der Waals surface area contributed by atoms with E-state index in [0.29, 0.717) is 13.2 Å². The van der Waals surface area contributed by atoms with Crippen molar-refractivity contribution in [1.29, 1.82) is 0 Å². The fourth-order valence-corrected chi connectivity index (χ4v) is 1.11. The summed E-state index contributed by atoms with van der Waals surface area (Å²) in [4.78, 5) is 12.6. The van der Waals surface area contributed by atoms with Crippen LogP contribution in [0.2, 0.25) is 0 Å². The van der Waals surface area contributed by atoms with E-state index in [1.807, 2.05) is 6.92 Å². The molecular weight excluding hydrogens is 144 g/mol. The van der Waals surface area contributed by atoms with E-state index in [9.17, 15) is 4.79 Å². The summed E-state index contributed by atoms with van der Waals surface area (Å²) in [6.45, 7) is 3.80. The van der Waals surface area contributed by atoms with Crippen molar-refractivity contribution < 1.29 is 9.53 Å². The number of ether oxygens (including phenoxy) is 1. The predicted molar refractivity (Wildman–Crippen MR) is 41.2 cm³/mol. The smallest absolute Gasteiger partial charge is 0.409 e. The van der Waals surface area contributed by atoms with Crippen LogP contribution in [0.3, 0.4) is 0 Å². The van der Waals surface area contributed by atoms with Crippen molar-refractivity contribution in [2.75, 3.05) is 19.7 Å². The Labute approximate surface area is 66.3 Å². The summed E-state index contributed by atoms with van der Waals surface area (Å²) < 4.78 is 4.82. The summed E-state index contributed by atoms with van der Waals surface area (Å²) in [5.41, 5.74) is 5.54. The lowest BCUT2D eigenvalue weighted by Crippen LogP contribution is -2.43. The van der Waals surface area contributed by atoms with Gasteiger partial charge in [-0.2, -0.15) is 0 Å². The number of nitrogens with zero attached hydrogens (tertiary/aromatic N) is 1. The fraction of sp³-hybridized carbons (Fsp3) is 0.857. The lowest BCUT2D eigenvalue weighted by molar-refractivity contribution is 0.0712. The van der Waals surface area contributed by atoms with Gasteiger partial charge in [0.05, 0.1) is 6.61 Å². The SMILES string of the molecule is CC(N)CN1CCCOC1=O. The molecule has 1 aliphatic heterocycles. The van der Waals surface area contributed by atoms with E-state index < -0.39 is 0 Å². The van der Waals surface area contributed by atoms with Crippen LogP contribution in [0.4, 0.5) is 4.79 Å². The highest BCUT2D eigenvalue weighted by Crippen LogP contribution is 2.04. The van der Waals surface area contributed by atoms with Crippen molar-refractivity contribution in [2.24, 2.45) is 5.73 Å². The minimum Gasteiger partial charge on any atom is -0.449 e. The third-order valence-electron chi connectivity index (χ3n) is 1.56. The number of rotatable bonds is 2. The van der Waals surface area contributed by atoms with Gasteiger partial charge in [-0.25, -0.2) is 4.79 Å². The minimum absolute atomic E-state index is 0.0284. The predicted octanol–water partition coefficient (Wildman–Crippen LogP) is 0.176. The molecule has 1 fully saturated rings. The standard InChI is InChI=1S/C7H14N2O2/c1-6(8)5-9-3-2-4-11-7(9)10/h6H,2-5,8H2,1H3. The number of nitrogens with two attached hydrogens (primary N) is 1. The Morgan fingerprint density at radius 2 is 2.55 bits per heavy atom. The molecule has 2 N–H and O–H groups in total. The minimum atomic E-state index is -0.228. The quantitative estimate of drug-likeness (QED) is 0.623. The molecule has 1 rings (SSSR count). The van der Waals surface area contributed by atoms with Crippen molar-refractivity contribution in [2.45, 2.75) is 19.4 Å². The highest BCUT2D eigenvalue weighted by molar-refractivity contribution is 5.68. The van der Waals surface area contributed by atoms with Crippen LogP contribution in [-0.4, -0.2) is 36.7 Å². The van der Waals surface area contributed by atoms with E-state index >= 15 is 0 Å². The van der Waals surface area contributed by atoms with Crippen LogP contribution in [-0.2, 0) is 4.74 Å². The van der Waals surface area contributed by atoms with Crippen molar-refractivity contribution >= 4 is 6.09 Å². The van der Waals surface area contributed by atoms with Crippen molar-refractivity contribution in [3.63, 3.8) is 0 Å². The van der Waals surface area contributed by atoms with E-state index in [-0.39, 0.29) is 12.1 Å². The first-order chi connectivity index (χ1) is 5.20. The molecule has 1 heterocycles. The molecule has 64 valence electrons. The maximum atomic E-state index is 11.0. The lowest BCUT2D eigenvalue weighted by Gasteiger charge is -2.27. The fourth-order valence-electron chi connectivity index (χ4n) is 1.11. The zero-order chi connectivity index (χ0) is 8.27. The zero-order valence-corrected chi connectivity index (χ0v) is 6.75. The molecule has 0 radical (unpaired) electrons. The van der Waals surface area contributed by atoms with Crippen molar-refractivity contribution in [3.05, 3.63) is 0 Å². The van der Waals surface area contributed by atoms with Gasteiger partial charge in [0.25, 0.3) is 0 Å². The molecule has 0 aromatic heterocycles. The molecule has 0 saturated carbocycles. The summed E-state index contributed by atoms with van der Waals surface area (Å²) in [5.74, 6) is 0. The Hall–Kier alpha value is -0.770. The first-order valence-electron chi connectivity index (χ1n) is 3.87. The highest BCUT2D eigenvalue weighted by Gasteiger charge is 2.19. The number of cyclic esters (lactones) is 1. The first-order valence-corrected chi connectivity index (χ1v) is 3.87. The second-order valence-electron chi connectivity index (χ2n) is 2.89. The summed E-state index contributed by atoms with van der Waals surface area (Å²) in [5, 5.41) is 0. The van der Waals surface area contributed by atoms with E-state index in [1.54, 1.807) is 4.90 Å². The number of carbonyl (C=O) groups excluding carboxylic acids is 1. The Kier molecular flexibility index (Phi) is 2.70. The van der Waals surface area contributed by atoms with Crippen LogP contribution < -0.4 is 5.73 Å². The molecule has 11 heavy (non-hydrogen) atoms. The average molecular weight is 158 g/mol. The summed E-state index contributed by atoms with van der Waals surface area (Å²) in [6.07, 6.45) is 0.687. The third kappa shape index (κ3) is 2.38. The molecule has 0 aliphatic carbocycles. The molecular formula is C7H14N2O2. The van der Waals surface area contributed by atoms with Crippen molar-refractivity contribution in [3.8, 4) is 0 Å². The second kappa shape index (κ2) is 3.57. The highest BCUT2D eigenvalue weighted by atomic mass is 16.6. The van der Waals surface area contributed by atoms with Gasteiger partial charge in [0.2, 0.25) is 0 Å². The van der Waals surface area contributed by atoms with Gasteiger partial charge in [-0.1, -0.05) is 0 Å². The van der Waals surface area contributed by atoms with Gasteiger partial charge in [-0.05, 0) is 13.3 Å². The monoisotopic (exact) mass is 158 g/mol. The Balaban J connectivity index is 2.36. The van der Waals surface area contributed by atoms with Gasteiger partial charge < -0.3 is 15.4 Å². The van der Waals surface area contributed by atoms with E-state index in [2.05, 4.69) is 0 Å². The Morgan fingerprint density at radius 1 is 1.82 bits per heavy atom. The van der Waals surface area contributed by atoms with Gasteiger partial charge in [0.1, 0.15) is 0 Å². The van der Waals surface area contributed by atoms with E-state index in [0.717, 1.165) is 13.0 Å². The number of hydrogen-bond acceptors (Lipinski definition) is 3. The van der Waals surface area contributed by atoms with Crippen molar-refractivity contribution in [1.82, 2.24) is 4.90 Å². The maximum Gasteiger partial charge on any atom is 0.409 e. The number of carbonyl (C=O) groups is 1. The molecule has 1 saturated heterocycles. The molecule has 0 aromatic carbocycles. The lowest BCUT2D eigenvalue weighted by atomic mass is 10.3. The summed E-state index contributed by atoms with van der Waals surface area (Å²) in [6, 6.07) is 0.0284. The van der Waals surface area contributed by atoms with Crippen LogP contribution in [0, 0.1) is 0 Å². The molecule has 0 aromatic rings. The molecule has 4 nitrogen and oxygen atoms in total. The van der Waals surface area contributed by atoms with E-state index in [4.69, 9.17) is 10.5 Å². The molecule has 1 unspecified atom stereocenters. The van der Waals surface area contributed by atoms with Gasteiger partial charge in [0, 0.05) is 19.1 Å². The van der Waals surface area contributed by atoms with Crippen LogP contribution >= 0.6 is 0 Å². The molecule has 1 atom stereocenters. The van der Waals surface area contributed by atoms with Crippen LogP contribution in [0.25, 0.3) is 0 Å². The first kappa shape index (κ1) is 8.33. The molecule has 1 amide bonds. The zero-order valence-electron chi connectivity index (χ0n) is 6.75. The van der Waals surface area contributed by atoms with Gasteiger partial charge >= 0.3 is 6.09 Å². The van der Waals surface area contributed by atoms with Gasteiger partial charge in [0.15, 0.2) is 0 Å². The summed E-state index contributed by atoms with van der Waals surface area (Å²) >= 11 is 0. The topological polar surface area (TPSA) is 55.6 Å². The van der Waals surface area contributed by atoms with Crippen LogP contribution in [0.1, 0.15) is 13.3 Å². The summed E-state index contributed by atoms with van der Waals surface area (Å²) in [7, 11) is 0. The van der Waals surface area contributed by atoms with Gasteiger partial charge in [-0.3, -0.25) is 0 Å². The average Bonchev–Trinajstić information content (AvgIpc) is 1.93. The molecule has 0 spiro atoms. The molecule has 1 aliphatic rings. The largest absolute Gasteiger partial charge is 0.449 e. The second-order valence-corrected chi connectivity index (χ2v) is 2.89. The Bertz CT molecular complexity index is 147. The maximum absolute atomic E-state index is 11.0. The molecule has 4 heteroatoms. The van der Waals surface area contributed by atoms with Gasteiger partial charge in [-0.15, -0.1) is 0 Å². The molecule has 0 bridgehead atoms. The third-order valence-corrected chi connectivity index (χ3v) is 1.56. The van der Waals surface area contributed by atoms with Crippen LogP contribution in [0.5, 0.6) is 0 Å². The van der Waals surface area contributed by atoms with Crippen LogP contribution in [0.15, 0.2) is 0 Å². The number of amides is 1. The Morgan fingerprint density at radius 3 is 3.09 bits per heavy atom. The van der Waals surface area contributed by atoms with E-state index in [1.165, 1.54) is 0 Å².